The van der Waals surface area contributed by atoms with Gasteiger partial charge in [0.25, 0.3) is 0 Å². The maximum Gasteiger partial charge on any atom is 0.0897 e. The molecule has 3 fully saturated rings. The summed E-state index contributed by atoms with van der Waals surface area (Å²) in [5, 5.41) is 0. The van der Waals surface area contributed by atoms with Gasteiger partial charge >= 0.3 is 0 Å². The predicted molar refractivity (Wildman–Crippen MR) is 136 cm³/mol. The largest absolute Gasteiger partial charge is 0.251 e. The number of allylic oxidation sites excluding steroid dienone is 2. The van der Waals surface area contributed by atoms with Gasteiger partial charge in [-0.2, -0.15) is 0 Å². The second-order valence-electron chi connectivity index (χ2n) is 11.4. The fraction of sp³-hybridized carbons (Fsp3) is 0.742. The Kier molecular flexibility index (Phi) is 9.30. The quantitative estimate of drug-likeness (QED) is 0.354. The van der Waals surface area contributed by atoms with Gasteiger partial charge in [-0.25, -0.2) is 0 Å². The summed E-state index contributed by atoms with van der Waals surface area (Å²) in [6.07, 6.45) is 24.6. The SMILES string of the molecule is C/C=C/CCc1ccc(C2CCC(C3CCC([C@H]4CC[C@H](CCF)CC4)CC3)CC2)cc1. The van der Waals surface area contributed by atoms with E-state index in [0.29, 0.717) is 5.92 Å². The minimum Gasteiger partial charge on any atom is -0.251 e. The molecular weight excluding hydrogens is 391 g/mol. The number of aryl methyl sites for hydroxylation is 1. The van der Waals surface area contributed by atoms with Crippen LogP contribution in [0.3, 0.4) is 0 Å². The molecule has 0 N–H and O–H groups in total. The fourth-order valence-corrected chi connectivity index (χ4v) is 7.49. The normalized spacial score (nSPS) is 34.1. The van der Waals surface area contributed by atoms with Crippen LogP contribution in [0.5, 0.6) is 0 Å². The molecule has 3 aliphatic carbocycles. The van der Waals surface area contributed by atoms with Crippen molar-refractivity contribution < 1.29 is 4.39 Å². The van der Waals surface area contributed by atoms with E-state index in [4.69, 9.17) is 0 Å². The zero-order valence-electron chi connectivity index (χ0n) is 20.6. The molecule has 1 heteroatoms. The first-order valence-corrected chi connectivity index (χ1v) is 14.0. The van der Waals surface area contributed by atoms with E-state index >= 15 is 0 Å². The van der Waals surface area contributed by atoms with Crippen LogP contribution in [-0.4, -0.2) is 6.67 Å². The van der Waals surface area contributed by atoms with Crippen molar-refractivity contribution in [1.29, 1.82) is 0 Å². The Balaban J connectivity index is 1.17. The number of hydrogen-bond donors (Lipinski definition) is 0. The highest BCUT2D eigenvalue weighted by Crippen LogP contribution is 2.47. The Morgan fingerprint density at radius 3 is 1.72 bits per heavy atom. The third kappa shape index (κ3) is 6.48. The van der Waals surface area contributed by atoms with E-state index in [9.17, 15) is 4.39 Å². The van der Waals surface area contributed by atoms with Crippen molar-refractivity contribution in [3.8, 4) is 0 Å². The molecule has 0 heterocycles. The van der Waals surface area contributed by atoms with Gasteiger partial charge in [-0.05, 0) is 137 Å². The summed E-state index contributed by atoms with van der Waals surface area (Å²) in [4.78, 5) is 0. The monoisotopic (exact) mass is 438 g/mol. The minimum atomic E-state index is -0.106. The summed E-state index contributed by atoms with van der Waals surface area (Å²) < 4.78 is 12.6. The van der Waals surface area contributed by atoms with Crippen molar-refractivity contribution in [2.24, 2.45) is 29.6 Å². The van der Waals surface area contributed by atoms with E-state index in [1.807, 2.05) is 0 Å². The highest BCUT2D eigenvalue weighted by Gasteiger charge is 2.34. The van der Waals surface area contributed by atoms with Gasteiger partial charge in [0.05, 0.1) is 6.67 Å². The molecule has 4 rings (SSSR count). The van der Waals surface area contributed by atoms with E-state index < -0.39 is 0 Å². The van der Waals surface area contributed by atoms with Gasteiger partial charge in [-0.1, -0.05) is 49.3 Å². The second-order valence-corrected chi connectivity index (χ2v) is 11.4. The first-order valence-electron chi connectivity index (χ1n) is 14.0. The fourth-order valence-electron chi connectivity index (χ4n) is 7.49. The van der Waals surface area contributed by atoms with Crippen LogP contribution in [0.2, 0.25) is 0 Å². The van der Waals surface area contributed by atoms with E-state index in [0.717, 1.165) is 42.4 Å². The van der Waals surface area contributed by atoms with E-state index in [1.54, 1.807) is 5.56 Å². The molecule has 0 amide bonds. The van der Waals surface area contributed by atoms with Gasteiger partial charge in [0, 0.05) is 0 Å². The lowest BCUT2D eigenvalue weighted by Crippen LogP contribution is -2.29. The van der Waals surface area contributed by atoms with Gasteiger partial charge < -0.3 is 0 Å². The molecule has 32 heavy (non-hydrogen) atoms. The van der Waals surface area contributed by atoms with E-state index in [2.05, 4.69) is 43.3 Å². The smallest absolute Gasteiger partial charge is 0.0897 e. The molecule has 0 nitrogen and oxygen atoms in total. The van der Waals surface area contributed by atoms with Crippen LogP contribution in [0.15, 0.2) is 36.4 Å². The molecule has 0 aromatic heterocycles. The van der Waals surface area contributed by atoms with Crippen LogP contribution in [0, 0.1) is 29.6 Å². The van der Waals surface area contributed by atoms with Crippen molar-refractivity contribution in [2.75, 3.05) is 6.67 Å². The van der Waals surface area contributed by atoms with E-state index in [-0.39, 0.29) is 6.67 Å². The Bertz CT molecular complexity index is 665. The summed E-state index contributed by atoms with van der Waals surface area (Å²) in [5.74, 6) is 5.43. The third-order valence-corrected chi connectivity index (χ3v) is 9.62. The number of hydrogen-bond acceptors (Lipinski definition) is 0. The first-order chi connectivity index (χ1) is 15.8. The Morgan fingerprint density at radius 1 is 0.719 bits per heavy atom. The molecule has 1 aromatic rings. The van der Waals surface area contributed by atoms with Crippen molar-refractivity contribution in [2.45, 2.75) is 109 Å². The number of rotatable bonds is 8. The van der Waals surface area contributed by atoms with Gasteiger partial charge in [0.2, 0.25) is 0 Å². The maximum atomic E-state index is 12.6. The van der Waals surface area contributed by atoms with Gasteiger partial charge in [-0.3, -0.25) is 4.39 Å². The molecule has 3 saturated carbocycles. The number of halogens is 1. The average Bonchev–Trinajstić information content (AvgIpc) is 2.86. The van der Waals surface area contributed by atoms with Crippen molar-refractivity contribution >= 4 is 0 Å². The summed E-state index contributed by atoms with van der Waals surface area (Å²) in [6, 6.07) is 9.58. The second kappa shape index (κ2) is 12.4. The molecule has 0 radical (unpaired) electrons. The van der Waals surface area contributed by atoms with E-state index in [1.165, 1.54) is 89.0 Å². The number of alkyl halides is 1. The Hall–Kier alpha value is -1.11. The molecule has 3 aliphatic rings. The van der Waals surface area contributed by atoms with Crippen LogP contribution >= 0.6 is 0 Å². The van der Waals surface area contributed by atoms with Gasteiger partial charge in [0.15, 0.2) is 0 Å². The Labute approximate surface area is 197 Å². The maximum absolute atomic E-state index is 12.6. The van der Waals surface area contributed by atoms with Crippen LogP contribution in [0.1, 0.15) is 114 Å². The molecule has 178 valence electrons. The molecule has 0 unspecified atom stereocenters. The molecule has 0 aliphatic heterocycles. The summed E-state index contributed by atoms with van der Waals surface area (Å²) in [6.45, 7) is 2.00. The van der Waals surface area contributed by atoms with Crippen molar-refractivity contribution in [3.63, 3.8) is 0 Å². The molecule has 0 spiro atoms. The van der Waals surface area contributed by atoms with Crippen LogP contribution in [0.25, 0.3) is 0 Å². The van der Waals surface area contributed by atoms with Crippen LogP contribution in [0.4, 0.5) is 4.39 Å². The number of benzene rings is 1. The Morgan fingerprint density at radius 2 is 1.22 bits per heavy atom. The van der Waals surface area contributed by atoms with Gasteiger partial charge in [0.1, 0.15) is 0 Å². The lowest BCUT2D eigenvalue weighted by atomic mass is 9.64. The minimum absolute atomic E-state index is 0.106. The lowest BCUT2D eigenvalue weighted by Gasteiger charge is -2.41. The highest BCUT2D eigenvalue weighted by atomic mass is 19.1. The molecule has 0 saturated heterocycles. The summed E-state index contributed by atoms with van der Waals surface area (Å²) >= 11 is 0. The zero-order valence-corrected chi connectivity index (χ0v) is 20.6. The van der Waals surface area contributed by atoms with Crippen molar-refractivity contribution in [3.05, 3.63) is 47.5 Å². The molecule has 0 bridgehead atoms. The summed E-state index contributed by atoms with van der Waals surface area (Å²) in [7, 11) is 0. The first kappa shape index (κ1) is 24.0. The average molecular weight is 439 g/mol. The van der Waals surface area contributed by atoms with Crippen LogP contribution < -0.4 is 0 Å². The van der Waals surface area contributed by atoms with Gasteiger partial charge in [-0.15, -0.1) is 0 Å². The van der Waals surface area contributed by atoms with Crippen molar-refractivity contribution in [1.82, 2.24) is 0 Å². The lowest BCUT2D eigenvalue weighted by molar-refractivity contribution is 0.108. The molecule has 0 atom stereocenters. The zero-order chi connectivity index (χ0) is 22.2. The summed E-state index contributed by atoms with van der Waals surface area (Å²) in [5.41, 5.74) is 3.07. The predicted octanol–water partition coefficient (Wildman–Crippen LogP) is 9.44. The standard InChI is InChI=1S/C31H47F/c1-2-3-4-5-24-6-10-26(11-7-24)28-14-18-30(19-15-28)31-20-16-29(17-21-31)27-12-8-25(9-13-27)22-23-32/h2-3,6-7,10-11,25,27-31H,4-5,8-9,12-23H2,1H3/b3-2+/t25-,27-,28?,29?,30?,31?. The highest BCUT2D eigenvalue weighted by molar-refractivity contribution is 5.26. The molecule has 1 aromatic carbocycles. The molecular formula is C31H47F. The topological polar surface area (TPSA) is 0 Å². The third-order valence-electron chi connectivity index (χ3n) is 9.62. The van der Waals surface area contributed by atoms with Crippen LogP contribution in [-0.2, 0) is 6.42 Å².